The SMILES string of the molecule is CC1(C)OC(=O)C[C@@H]1C(=O)Nc1ccc(C(N)=O)cc1. The maximum Gasteiger partial charge on any atom is 0.307 e. The van der Waals surface area contributed by atoms with E-state index >= 15 is 0 Å². The van der Waals surface area contributed by atoms with Crippen LogP contribution in [0.3, 0.4) is 0 Å². The van der Waals surface area contributed by atoms with Gasteiger partial charge in [0.2, 0.25) is 11.8 Å². The Balaban J connectivity index is 2.08. The van der Waals surface area contributed by atoms with Crippen molar-refractivity contribution < 1.29 is 19.1 Å². The van der Waals surface area contributed by atoms with Gasteiger partial charge in [-0.3, -0.25) is 14.4 Å². The Morgan fingerprint density at radius 3 is 2.35 bits per heavy atom. The number of anilines is 1. The second-order valence-corrected chi connectivity index (χ2v) is 5.27. The molecule has 6 nitrogen and oxygen atoms in total. The van der Waals surface area contributed by atoms with E-state index in [1.807, 2.05) is 0 Å². The van der Waals surface area contributed by atoms with Gasteiger partial charge in [-0.15, -0.1) is 0 Å². The van der Waals surface area contributed by atoms with Crippen LogP contribution in [-0.4, -0.2) is 23.4 Å². The highest BCUT2D eigenvalue weighted by Gasteiger charge is 2.46. The highest BCUT2D eigenvalue weighted by molar-refractivity contribution is 5.98. The van der Waals surface area contributed by atoms with E-state index in [-0.39, 0.29) is 18.3 Å². The van der Waals surface area contributed by atoms with Gasteiger partial charge in [0.15, 0.2) is 0 Å². The molecule has 3 N–H and O–H groups in total. The van der Waals surface area contributed by atoms with Crippen molar-refractivity contribution in [3.63, 3.8) is 0 Å². The van der Waals surface area contributed by atoms with Gasteiger partial charge in [-0.05, 0) is 38.1 Å². The van der Waals surface area contributed by atoms with Crippen LogP contribution in [0.1, 0.15) is 30.6 Å². The predicted molar refractivity (Wildman–Crippen MR) is 71.9 cm³/mol. The minimum absolute atomic E-state index is 0.0677. The minimum atomic E-state index is -0.811. The van der Waals surface area contributed by atoms with E-state index in [2.05, 4.69) is 5.32 Å². The van der Waals surface area contributed by atoms with Crippen molar-refractivity contribution in [3.05, 3.63) is 29.8 Å². The second kappa shape index (κ2) is 4.96. The Hall–Kier alpha value is -2.37. The van der Waals surface area contributed by atoms with E-state index in [0.29, 0.717) is 11.3 Å². The fourth-order valence-corrected chi connectivity index (χ4v) is 2.17. The van der Waals surface area contributed by atoms with Gasteiger partial charge >= 0.3 is 5.97 Å². The molecule has 1 fully saturated rings. The molecule has 1 aliphatic rings. The quantitative estimate of drug-likeness (QED) is 0.806. The third-order valence-electron chi connectivity index (χ3n) is 3.34. The summed E-state index contributed by atoms with van der Waals surface area (Å²) in [5, 5.41) is 2.70. The predicted octanol–water partition coefficient (Wildman–Crippen LogP) is 1.07. The monoisotopic (exact) mass is 276 g/mol. The first-order chi connectivity index (χ1) is 9.29. The normalized spacial score (nSPS) is 20.3. The molecule has 1 heterocycles. The summed E-state index contributed by atoms with van der Waals surface area (Å²) in [7, 11) is 0. The standard InChI is InChI=1S/C14H16N2O4/c1-14(2)10(7-11(17)20-14)13(19)16-9-5-3-8(4-6-9)12(15)18/h3-6,10H,7H2,1-2H3,(H2,15,18)(H,16,19)/t10-/m1/s1. The number of esters is 1. The van der Waals surface area contributed by atoms with Crippen LogP contribution < -0.4 is 11.1 Å². The zero-order valence-corrected chi connectivity index (χ0v) is 11.3. The third kappa shape index (κ3) is 2.79. The molecule has 1 atom stereocenters. The summed E-state index contributed by atoms with van der Waals surface area (Å²) >= 11 is 0. The van der Waals surface area contributed by atoms with E-state index in [4.69, 9.17) is 10.5 Å². The summed E-state index contributed by atoms with van der Waals surface area (Å²) in [6, 6.07) is 6.23. The fraction of sp³-hybridized carbons (Fsp3) is 0.357. The van der Waals surface area contributed by atoms with Crippen LogP contribution in [0.15, 0.2) is 24.3 Å². The molecular weight excluding hydrogens is 260 g/mol. The number of hydrogen-bond acceptors (Lipinski definition) is 4. The number of primary amides is 1. The molecule has 0 unspecified atom stereocenters. The lowest BCUT2D eigenvalue weighted by atomic mass is 9.90. The zero-order chi connectivity index (χ0) is 14.9. The average Bonchev–Trinajstić information content (AvgIpc) is 2.63. The maximum absolute atomic E-state index is 12.2. The average molecular weight is 276 g/mol. The number of cyclic esters (lactones) is 1. The molecule has 2 amide bonds. The molecule has 1 aromatic rings. The van der Waals surface area contributed by atoms with E-state index in [1.54, 1.807) is 26.0 Å². The maximum atomic E-state index is 12.2. The van der Waals surface area contributed by atoms with Crippen molar-refractivity contribution in [2.24, 2.45) is 11.7 Å². The van der Waals surface area contributed by atoms with Crippen molar-refractivity contribution in [1.82, 2.24) is 0 Å². The first kappa shape index (κ1) is 14.0. The molecule has 0 bridgehead atoms. The molecule has 6 heteroatoms. The van der Waals surface area contributed by atoms with Crippen LogP contribution >= 0.6 is 0 Å². The fourth-order valence-electron chi connectivity index (χ4n) is 2.17. The van der Waals surface area contributed by atoms with Crippen LogP contribution in [0.4, 0.5) is 5.69 Å². The summed E-state index contributed by atoms with van der Waals surface area (Å²) in [5.74, 6) is -1.73. The van der Waals surface area contributed by atoms with Crippen molar-refractivity contribution in [2.45, 2.75) is 25.9 Å². The van der Waals surface area contributed by atoms with E-state index in [0.717, 1.165) is 0 Å². The van der Waals surface area contributed by atoms with Crippen molar-refractivity contribution >= 4 is 23.5 Å². The number of carbonyl (C=O) groups excluding carboxylic acids is 3. The molecule has 106 valence electrons. The molecule has 1 aliphatic heterocycles. The molecule has 0 saturated carbocycles. The molecule has 0 aromatic heterocycles. The second-order valence-electron chi connectivity index (χ2n) is 5.27. The van der Waals surface area contributed by atoms with Crippen molar-refractivity contribution in [1.29, 1.82) is 0 Å². The van der Waals surface area contributed by atoms with Crippen LogP contribution in [-0.2, 0) is 14.3 Å². The smallest absolute Gasteiger partial charge is 0.307 e. The van der Waals surface area contributed by atoms with E-state index < -0.39 is 17.4 Å². The molecule has 0 spiro atoms. The molecule has 1 saturated heterocycles. The zero-order valence-electron chi connectivity index (χ0n) is 11.3. The van der Waals surface area contributed by atoms with Crippen LogP contribution in [0.5, 0.6) is 0 Å². The number of nitrogens with one attached hydrogen (secondary N) is 1. The lowest BCUT2D eigenvalue weighted by Crippen LogP contribution is -2.36. The molecule has 1 aromatic carbocycles. The first-order valence-electron chi connectivity index (χ1n) is 6.22. The van der Waals surface area contributed by atoms with Crippen LogP contribution in [0, 0.1) is 5.92 Å². The van der Waals surface area contributed by atoms with Gasteiger partial charge in [0.25, 0.3) is 0 Å². The summed E-state index contributed by atoms with van der Waals surface area (Å²) in [5.41, 5.74) is 5.22. The number of benzene rings is 1. The Labute approximate surface area is 116 Å². The molecule has 0 aliphatic carbocycles. The van der Waals surface area contributed by atoms with Gasteiger partial charge in [-0.2, -0.15) is 0 Å². The van der Waals surface area contributed by atoms with E-state index in [1.165, 1.54) is 12.1 Å². The van der Waals surface area contributed by atoms with E-state index in [9.17, 15) is 14.4 Å². The number of carbonyl (C=O) groups is 3. The van der Waals surface area contributed by atoms with Gasteiger partial charge in [-0.25, -0.2) is 0 Å². The van der Waals surface area contributed by atoms with Crippen molar-refractivity contribution in [3.8, 4) is 0 Å². The lowest BCUT2D eigenvalue weighted by Gasteiger charge is -2.23. The molecule has 2 rings (SSSR count). The Morgan fingerprint density at radius 1 is 1.30 bits per heavy atom. The molecular formula is C14H16N2O4. The van der Waals surface area contributed by atoms with Gasteiger partial charge in [0, 0.05) is 11.3 Å². The van der Waals surface area contributed by atoms with Crippen LogP contribution in [0.25, 0.3) is 0 Å². The summed E-state index contributed by atoms with van der Waals surface area (Å²) in [6.45, 7) is 3.41. The van der Waals surface area contributed by atoms with Crippen molar-refractivity contribution in [2.75, 3.05) is 5.32 Å². The minimum Gasteiger partial charge on any atom is -0.459 e. The van der Waals surface area contributed by atoms with Crippen LogP contribution in [0.2, 0.25) is 0 Å². The lowest BCUT2D eigenvalue weighted by molar-refractivity contribution is -0.147. The summed E-state index contributed by atoms with van der Waals surface area (Å²) in [6.07, 6.45) is 0.0677. The van der Waals surface area contributed by atoms with Gasteiger partial charge in [-0.1, -0.05) is 0 Å². The van der Waals surface area contributed by atoms with Gasteiger partial charge < -0.3 is 15.8 Å². The number of ether oxygens (including phenoxy) is 1. The number of amides is 2. The third-order valence-corrected chi connectivity index (χ3v) is 3.34. The Kier molecular flexibility index (Phi) is 3.48. The molecule has 20 heavy (non-hydrogen) atoms. The molecule has 0 radical (unpaired) electrons. The number of rotatable bonds is 3. The topological polar surface area (TPSA) is 98.5 Å². The highest BCUT2D eigenvalue weighted by atomic mass is 16.6. The summed E-state index contributed by atoms with van der Waals surface area (Å²) < 4.78 is 5.11. The Bertz CT molecular complexity index is 563. The van der Waals surface area contributed by atoms with Gasteiger partial charge in [0.05, 0.1) is 12.3 Å². The van der Waals surface area contributed by atoms with Gasteiger partial charge in [0.1, 0.15) is 5.60 Å². The highest BCUT2D eigenvalue weighted by Crippen LogP contribution is 2.33. The largest absolute Gasteiger partial charge is 0.459 e. The number of hydrogen-bond donors (Lipinski definition) is 2. The number of nitrogens with two attached hydrogens (primary N) is 1. The Morgan fingerprint density at radius 2 is 1.90 bits per heavy atom. The first-order valence-corrected chi connectivity index (χ1v) is 6.22. The summed E-state index contributed by atoms with van der Waals surface area (Å²) in [4.78, 5) is 34.4.